The van der Waals surface area contributed by atoms with E-state index in [1.54, 1.807) is 12.4 Å². The van der Waals surface area contributed by atoms with Crippen LogP contribution in [0.1, 0.15) is 18.9 Å². The molecule has 4 heteroatoms. The fraction of sp³-hybridized carbons (Fsp3) is 0.353. The van der Waals surface area contributed by atoms with Crippen LogP contribution in [0.5, 0.6) is 11.5 Å². The van der Waals surface area contributed by atoms with E-state index in [9.17, 15) is 0 Å². The molecule has 0 aliphatic heterocycles. The minimum absolute atomic E-state index is 0.502. The van der Waals surface area contributed by atoms with Gasteiger partial charge in [0.05, 0.1) is 6.20 Å². The second-order valence-electron chi connectivity index (χ2n) is 4.67. The summed E-state index contributed by atoms with van der Waals surface area (Å²) in [6.07, 6.45) is 4.55. The standard InChI is InChI=1S/C17H22N2O2/c1-2-9-18-13-15-6-3-4-8-17(15)21-12-11-20-16-7-5-10-19-14-16/h3-8,10,14,18H,2,9,11-13H2,1H3. The number of para-hydroxylation sites is 1. The molecule has 0 aliphatic carbocycles. The third-order valence-electron chi connectivity index (χ3n) is 2.96. The van der Waals surface area contributed by atoms with Crippen molar-refractivity contribution in [2.45, 2.75) is 19.9 Å². The van der Waals surface area contributed by atoms with Crippen LogP contribution >= 0.6 is 0 Å². The molecule has 1 N–H and O–H groups in total. The SMILES string of the molecule is CCCNCc1ccccc1OCCOc1cccnc1. The molecule has 0 bridgehead atoms. The summed E-state index contributed by atoms with van der Waals surface area (Å²) in [5.74, 6) is 1.68. The number of nitrogens with zero attached hydrogens (tertiary/aromatic N) is 1. The van der Waals surface area contributed by atoms with Crippen molar-refractivity contribution in [3.63, 3.8) is 0 Å². The summed E-state index contributed by atoms with van der Waals surface area (Å²) >= 11 is 0. The van der Waals surface area contributed by atoms with Gasteiger partial charge in [0.2, 0.25) is 0 Å². The van der Waals surface area contributed by atoms with Gasteiger partial charge in [-0.05, 0) is 31.2 Å². The molecule has 0 aliphatic rings. The topological polar surface area (TPSA) is 43.4 Å². The highest BCUT2D eigenvalue weighted by Crippen LogP contribution is 2.17. The van der Waals surface area contributed by atoms with E-state index in [1.165, 1.54) is 5.56 Å². The van der Waals surface area contributed by atoms with Crippen molar-refractivity contribution >= 4 is 0 Å². The Bertz CT molecular complexity index is 517. The highest BCUT2D eigenvalue weighted by atomic mass is 16.5. The van der Waals surface area contributed by atoms with Crippen LogP contribution in [0.4, 0.5) is 0 Å². The molecule has 0 saturated heterocycles. The van der Waals surface area contributed by atoms with Gasteiger partial charge in [-0.25, -0.2) is 0 Å². The third-order valence-corrected chi connectivity index (χ3v) is 2.96. The summed E-state index contributed by atoms with van der Waals surface area (Å²) in [5.41, 5.74) is 1.17. The van der Waals surface area contributed by atoms with Crippen molar-refractivity contribution in [2.24, 2.45) is 0 Å². The Labute approximate surface area is 126 Å². The fourth-order valence-corrected chi connectivity index (χ4v) is 1.93. The molecule has 112 valence electrons. The monoisotopic (exact) mass is 286 g/mol. The molecule has 0 fully saturated rings. The van der Waals surface area contributed by atoms with Gasteiger partial charge in [0, 0.05) is 18.3 Å². The van der Waals surface area contributed by atoms with Crippen molar-refractivity contribution in [1.29, 1.82) is 0 Å². The first kappa shape index (κ1) is 15.3. The van der Waals surface area contributed by atoms with Gasteiger partial charge in [-0.15, -0.1) is 0 Å². The average Bonchev–Trinajstić information content (AvgIpc) is 2.54. The molecule has 0 radical (unpaired) electrons. The number of aromatic nitrogens is 1. The number of benzene rings is 1. The number of hydrogen-bond acceptors (Lipinski definition) is 4. The van der Waals surface area contributed by atoms with E-state index in [0.29, 0.717) is 13.2 Å². The van der Waals surface area contributed by atoms with Gasteiger partial charge >= 0.3 is 0 Å². The van der Waals surface area contributed by atoms with Crippen LogP contribution < -0.4 is 14.8 Å². The fourth-order valence-electron chi connectivity index (χ4n) is 1.93. The Morgan fingerprint density at radius 3 is 2.71 bits per heavy atom. The molecule has 0 atom stereocenters. The highest BCUT2D eigenvalue weighted by molar-refractivity contribution is 5.33. The largest absolute Gasteiger partial charge is 0.490 e. The van der Waals surface area contributed by atoms with Crippen molar-refractivity contribution < 1.29 is 9.47 Å². The van der Waals surface area contributed by atoms with Crippen LogP contribution in [0.25, 0.3) is 0 Å². The lowest BCUT2D eigenvalue weighted by molar-refractivity contribution is 0.215. The molecule has 2 rings (SSSR count). The molecule has 1 aromatic heterocycles. The maximum absolute atomic E-state index is 5.80. The number of hydrogen-bond donors (Lipinski definition) is 1. The van der Waals surface area contributed by atoms with E-state index in [1.807, 2.05) is 30.3 Å². The Balaban J connectivity index is 1.77. The van der Waals surface area contributed by atoms with Gasteiger partial charge in [0.25, 0.3) is 0 Å². The molecule has 2 aromatic rings. The van der Waals surface area contributed by atoms with E-state index in [4.69, 9.17) is 9.47 Å². The molecule has 0 spiro atoms. The molecule has 0 saturated carbocycles. The Morgan fingerprint density at radius 2 is 1.90 bits per heavy atom. The van der Waals surface area contributed by atoms with Crippen LogP contribution in [0.15, 0.2) is 48.8 Å². The quantitative estimate of drug-likeness (QED) is 0.720. The normalized spacial score (nSPS) is 10.3. The van der Waals surface area contributed by atoms with Crippen LogP contribution in [0.2, 0.25) is 0 Å². The zero-order valence-corrected chi connectivity index (χ0v) is 12.4. The van der Waals surface area contributed by atoms with Gasteiger partial charge in [0.15, 0.2) is 0 Å². The third kappa shape index (κ3) is 5.44. The average molecular weight is 286 g/mol. The smallest absolute Gasteiger partial charge is 0.137 e. The first-order chi connectivity index (χ1) is 10.4. The molecular weight excluding hydrogens is 264 g/mol. The molecule has 1 heterocycles. The zero-order chi connectivity index (χ0) is 14.8. The maximum atomic E-state index is 5.80. The van der Waals surface area contributed by atoms with Gasteiger partial charge in [-0.2, -0.15) is 0 Å². The van der Waals surface area contributed by atoms with E-state index >= 15 is 0 Å². The zero-order valence-electron chi connectivity index (χ0n) is 12.4. The summed E-state index contributed by atoms with van der Waals surface area (Å²) in [6.45, 7) is 5.01. The van der Waals surface area contributed by atoms with Crippen molar-refractivity contribution in [3.05, 3.63) is 54.4 Å². The summed E-state index contributed by atoms with van der Waals surface area (Å²) < 4.78 is 11.4. The van der Waals surface area contributed by atoms with Crippen LogP contribution in [-0.2, 0) is 6.54 Å². The second kappa shape index (κ2) is 8.97. The lowest BCUT2D eigenvalue weighted by atomic mass is 10.2. The molecular formula is C17H22N2O2. The predicted molar refractivity (Wildman–Crippen MR) is 83.7 cm³/mol. The lowest BCUT2D eigenvalue weighted by Gasteiger charge is -2.12. The van der Waals surface area contributed by atoms with E-state index in [0.717, 1.165) is 31.0 Å². The highest BCUT2D eigenvalue weighted by Gasteiger charge is 2.02. The molecule has 4 nitrogen and oxygen atoms in total. The number of rotatable bonds is 9. The van der Waals surface area contributed by atoms with Gasteiger partial charge in [0.1, 0.15) is 24.7 Å². The van der Waals surface area contributed by atoms with Crippen molar-refractivity contribution in [1.82, 2.24) is 10.3 Å². The Kier molecular flexibility index (Phi) is 6.55. The van der Waals surface area contributed by atoms with Crippen LogP contribution in [0.3, 0.4) is 0 Å². The van der Waals surface area contributed by atoms with Crippen molar-refractivity contribution in [3.8, 4) is 11.5 Å². The van der Waals surface area contributed by atoms with E-state index in [-0.39, 0.29) is 0 Å². The molecule has 1 aromatic carbocycles. The first-order valence-corrected chi connectivity index (χ1v) is 7.34. The van der Waals surface area contributed by atoms with Gasteiger partial charge < -0.3 is 14.8 Å². The van der Waals surface area contributed by atoms with Crippen LogP contribution in [0, 0.1) is 0 Å². The number of nitrogens with one attached hydrogen (secondary N) is 1. The number of pyridine rings is 1. The molecule has 21 heavy (non-hydrogen) atoms. The Morgan fingerprint density at radius 1 is 1.05 bits per heavy atom. The summed E-state index contributed by atoms with van der Waals surface area (Å²) in [4.78, 5) is 4.00. The minimum atomic E-state index is 0.502. The summed E-state index contributed by atoms with van der Waals surface area (Å²) in [7, 11) is 0. The number of ether oxygens (including phenoxy) is 2. The van der Waals surface area contributed by atoms with Crippen LogP contribution in [-0.4, -0.2) is 24.7 Å². The summed E-state index contributed by atoms with van der Waals surface area (Å²) in [5, 5.41) is 3.39. The molecule has 0 unspecified atom stereocenters. The minimum Gasteiger partial charge on any atom is -0.490 e. The second-order valence-corrected chi connectivity index (χ2v) is 4.67. The maximum Gasteiger partial charge on any atom is 0.137 e. The Hall–Kier alpha value is -2.07. The van der Waals surface area contributed by atoms with E-state index < -0.39 is 0 Å². The van der Waals surface area contributed by atoms with E-state index in [2.05, 4.69) is 23.3 Å². The van der Waals surface area contributed by atoms with Gasteiger partial charge in [-0.1, -0.05) is 25.1 Å². The van der Waals surface area contributed by atoms with Gasteiger partial charge in [-0.3, -0.25) is 4.98 Å². The molecule has 0 amide bonds. The van der Waals surface area contributed by atoms with Crippen molar-refractivity contribution in [2.75, 3.05) is 19.8 Å². The first-order valence-electron chi connectivity index (χ1n) is 7.34. The summed E-state index contributed by atoms with van der Waals surface area (Å²) in [6, 6.07) is 11.8. The lowest BCUT2D eigenvalue weighted by Crippen LogP contribution is -2.15. The predicted octanol–water partition coefficient (Wildman–Crippen LogP) is 3.04.